The molecular weight excluding hydrogens is 234 g/mol. The highest BCUT2D eigenvalue weighted by atomic mass is 32.2. The molecule has 0 aliphatic rings. The average Bonchev–Trinajstić information content (AvgIpc) is 2.27. The third-order valence-electron chi connectivity index (χ3n) is 2.30. The minimum atomic E-state index is -0.496. The number of rotatable bonds is 5. The maximum Gasteiger partial charge on any atom is 0.230 e. The molecule has 0 saturated heterocycles. The van der Waals surface area contributed by atoms with Gasteiger partial charge in [0.2, 0.25) is 5.91 Å². The number of thioether (sulfide) groups is 1. The second-order valence-corrected chi connectivity index (χ2v) is 5.23. The number of amides is 1. The molecule has 0 fully saturated rings. The largest absolute Gasteiger partial charge is 0.392 e. The Labute approximate surface area is 107 Å². The summed E-state index contributed by atoms with van der Waals surface area (Å²) < 4.78 is 0. The van der Waals surface area contributed by atoms with E-state index in [0.29, 0.717) is 12.3 Å². The Bertz CT molecular complexity index is 391. The van der Waals surface area contributed by atoms with Gasteiger partial charge in [-0.1, -0.05) is 17.7 Å². The van der Waals surface area contributed by atoms with Crippen molar-refractivity contribution in [3.63, 3.8) is 0 Å². The summed E-state index contributed by atoms with van der Waals surface area (Å²) in [5.41, 5.74) is 2.38. The first-order valence-corrected chi connectivity index (χ1v) is 6.62. The van der Waals surface area contributed by atoms with Crippen LogP contribution < -0.4 is 5.32 Å². The van der Waals surface area contributed by atoms with Gasteiger partial charge < -0.3 is 10.4 Å². The second-order valence-electron chi connectivity index (χ2n) is 4.21. The van der Waals surface area contributed by atoms with E-state index in [2.05, 4.69) is 23.5 Å². The van der Waals surface area contributed by atoms with Gasteiger partial charge in [-0.3, -0.25) is 4.79 Å². The fraction of sp³-hybridized carbons (Fsp3) is 0.462. The first-order valence-electron chi connectivity index (χ1n) is 5.64. The molecular formula is C13H19NO2S. The zero-order valence-electron chi connectivity index (χ0n) is 10.5. The van der Waals surface area contributed by atoms with Gasteiger partial charge in [0.15, 0.2) is 0 Å². The molecule has 1 aromatic rings. The van der Waals surface area contributed by atoms with E-state index in [4.69, 9.17) is 5.11 Å². The van der Waals surface area contributed by atoms with Crippen molar-refractivity contribution in [1.29, 1.82) is 0 Å². The first-order chi connectivity index (χ1) is 7.99. The van der Waals surface area contributed by atoms with Gasteiger partial charge in [0.25, 0.3) is 0 Å². The molecule has 0 bridgehead atoms. The lowest BCUT2D eigenvalue weighted by Crippen LogP contribution is -2.31. The Balaban J connectivity index is 2.44. The van der Waals surface area contributed by atoms with Crippen LogP contribution in [0, 0.1) is 13.8 Å². The predicted octanol–water partition coefficient (Wildman–Crippen LogP) is 1.89. The lowest BCUT2D eigenvalue weighted by molar-refractivity contribution is -0.118. The number of nitrogens with one attached hydrogen (secondary N) is 1. The lowest BCUT2D eigenvalue weighted by Gasteiger charge is -2.08. The predicted molar refractivity (Wildman–Crippen MR) is 71.3 cm³/mol. The van der Waals surface area contributed by atoms with Crippen LogP contribution in [0.5, 0.6) is 0 Å². The minimum Gasteiger partial charge on any atom is -0.392 e. The van der Waals surface area contributed by atoms with Crippen LogP contribution in [0.15, 0.2) is 23.1 Å². The van der Waals surface area contributed by atoms with Crippen molar-refractivity contribution in [2.24, 2.45) is 0 Å². The zero-order valence-corrected chi connectivity index (χ0v) is 11.3. The maximum atomic E-state index is 11.5. The molecule has 0 aliphatic carbocycles. The topological polar surface area (TPSA) is 49.3 Å². The van der Waals surface area contributed by atoms with Crippen LogP contribution in [0.3, 0.4) is 0 Å². The van der Waals surface area contributed by atoms with Crippen molar-refractivity contribution < 1.29 is 9.90 Å². The number of aryl methyl sites for hydroxylation is 2. The summed E-state index contributed by atoms with van der Waals surface area (Å²) in [5, 5.41) is 11.7. The molecule has 1 aromatic carbocycles. The van der Waals surface area contributed by atoms with Crippen LogP contribution in [0.25, 0.3) is 0 Å². The summed E-state index contributed by atoms with van der Waals surface area (Å²) in [6.45, 7) is 6.04. The molecule has 0 unspecified atom stereocenters. The van der Waals surface area contributed by atoms with Crippen molar-refractivity contribution >= 4 is 17.7 Å². The Hall–Kier alpha value is -1.00. The number of carbonyl (C=O) groups is 1. The van der Waals surface area contributed by atoms with E-state index in [9.17, 15) is 4.79 Å². The van der Waals surface area contributed by atoms with Gasteiger partial charge in [-0.05, 0) is 32.4 Å². The number of benzene rings is 1. The number of carbonyl (C=O) groups excluding carboxylic acids is 1. The van der Waals surface area contributed by atoms with E-state index in [0.717, 1.165) is 4.90 Å². The van der Waals surface area contributed by atoms with Crippen LogP contribution in [0.1, 0.15) is 18.1 Å². The highest BCUT2D eigenvalue weighted by molar-refractivity contribution is 8.00. The van der Waals surface area contributed by atoms with Crippen LogP contribution in [-0.2, 0) is 4.79 Å². The summed E-state index contributed by atoms with van der Waals surface area (Å²) in [5.74, 6) is 0.341. The Morgan fingerprint density at radius 2 is 2.18 bits per heavy atom. The molecule has 2 N–H and O–H groups in total. The molecule has 0 radical (unpaired) electrons. The molecule has 1 rings (SSSR count). The summed E-state index contributed by atoms with van der Waals surface area (Å²) in [6, 6.07) is 6.21. The number of hydrogen-bond acceptors (Lipinski definition) is 3. The lowest BCUT2D eigenvalue weighted by atomic mass is 10.2. The standard InChI is InChI=1S/C13H19NO2S/c1-9-4-5-10(2)12(6-9)17-8-13(16)14-7-11(3)15/h4-6,11,15H,7-8H2,1-3H3,(H,14,16)/t11-/m1/s1. The van der Waals surface area contributed by atoms with Gasteiger partial charge in [0.1, 0.15) is 0 Å². The molecule has 0 spiro atoms. The summed E-state index contributed by atoms with van der Waals surface area (Å²) in [4.78, 5) is 12.6. The molecule has 3 nitrogen and oxygen atoms in total. The summed E-state index contributed by atoms with van der Waals surface area (Å²) >= 11 is 1.53. The first kappa shape index (κ1) is 14.1. The van der Waals surface area contributed by atoms with Crippen molar-refractivity contribution in [3.05, 3.63) is 29.3 Å². The monoisotopic (exact) mass is 253 g/mol. The molecule has 1 atom stereocenters. The smallest absolute Gasteiger partial charge is 0.230 e. The Kier molecular flexibility index (Phi) is 5.51. The Morgan fingerprint density at radius 1 is 1.47 bits per heavy atom. The summed E-state index contributed by atoms with van der Waals surface area (Å²) in [6.07, 6.45) is -0.496. The van der Waals surface area contributed by atoms with Gasteiger partial charge in [0.05, 0.1) is 11.9 Å². The van der Waals surface area contributed by atoms with Crippen LogP contribution in [0.4, 0.5) is 0 Å². The molecule has 0 aliphatic heterocycles. The molecule has 94 valence electrons. The van der Waals surface area contributed by atoms with Gasteiger partial charge in [-0.2, -0.15) is 0 Å². The molecule has 0 aromatic heterocycles. The SMILES string of the molecule is Cc1ccc(C)c(SCC(=O)NC[C@@H](C)O)c1. The molecule has 0 heterocycles. The average molecular weight is 253 g/mol. The third-order valence-corrected chi connectivity index (χ3v) is 3.45. The Morgan fingerprint density at radius 3 is 2.82 bits per heavy atom. The number of aliphatic hydroxyl groups excluding tert-OH is 1. The summed E-state index contributed by atoms with van der Waals surface area (Å²) in [7, 11) is 0. The van der Waals surface area contributed by atoms with Gasteiger partial charge in [-0.15, -0.1) is 11.8 Å². The molecule has 4 heteroatoms. The van der Waals surface area contributed by atoms with Crippen molar-refractivity contribution in [2.75, 3.05) is 12.3 Å². The fourth-order valence-corrected chi connectivity index (χ4v) is 2.27. The zero-order chi connectivity index (χ0) is 12.8. The highest BCUT2D eigenvalue weighted by Crippen LogP contribution is 2.23. The van der Waals surface area contributed by atoms with Crippen molar-refractivity contribution in [2.45, 2.75) is 31.8 Å². The molecule has 0 saturated carbocycles. The quantitative estimate of drug-likeness (QED) is 0.788. The van der Waals surface area contributed by atoms with Crippen LogP contribution in [0.2, 0.25) is 0 Å². The van der Waals surface area contributed by atoms with Crippen molar-refractivity contribution in [3.8, 4) is 0 Å². The van der Waals surface area contributed by atoms with Gasteiger partial charge >= 0.3 is 0 Å². The maximum absolute atomic E-state index is 11.5. The van der Waals surface area contributed by atoms with Gasteiger partial charge in [0, 0.05) is 11.4 Å². The molecule has 1 amide bonds. The third kappa shape index (κ3) is 5.24. The number of aliphatic hydroxyl groups is 1. The second kappa shape index (κ2) is 6.67. The van der Waals surface area contributed by atoms with E-state index in [1.165, 1.54) is 22.9 Å². The number of hydrogen-bond donors (Lipinski definition) is 2. The normalized spacial score (nSPS) is 12.2. The van der Waals surface area contributed by atoms with E-state index >= 15 is 0 Å². The van der Waals surface area contributed by atoms with Gasteiger partial charge in [-0.25, -0.2) is 0 Å². The fourth-order valence-electron chi connectivity index (χ4n) is 1.32. The highest BCUT2D eigenvalue weighted by Gasteiger charge is 2.05. The van der Waals surface area contributed by atoms with E-state index in [1.807, 2.05) is 13.8 Å². The van der Waals surface area contributed by atoms with E-state index in [-0.39, 0.29) is 5.91 Å². The van der Waals surface area contributed by atoms with Crippen LogP contribution in [-0.4, -0.2) is 29.4 Å². The van der Waals surface area contributed by atoms with E-state index in [1.54, 1.807) is 6.92 Å². The van der Waals surface area contributed by atoms with E-state index < -0.39 is 6.10 Å². The molecule has 17 heavy (non-hydrogen) atoms. The van der Waals surface area contributed by atoms with Crippen molar-refractivity contribution in [1.82, 2.24) is 5.32 Å². The van der Waals surface area contributed by atoms with Crippen LogP contribution >= 0.6 is 11.8 Å². The minimum absolute atomic E-state index is 0.0446.